The van der Waals surface area contributed by atoms with Crippen molar-refractivity contribution in [2.75, 3.05) is 10.7 Å². The fraction of sp³-hybridized carbons (Fsp3) is 0. The van der Waals surface area contributed by atoms with E-state index < -0.39 is 11.7 Å². The molecule has 0 aliphatic rings. The van der Waals surface area contributed by atoms with Gasteiger partial charge in [0.15, 0.2) is 0 Å². The van der Waals surface area contributed by atoms with Crippen LogP contribution in [0.1, 0.15) is 10.5 Å². The van der Waals surface area contributed by atoms with Gasteiger partial charge in [-0.05, 0) is 24.3 Å². The van der Waals surface area contributed by atoms with Gasteiger partial charge in [-0.2, -0.15) is 0 Å². The SMILES string of the molecule is NNc1cccc(C(=O)Nc2c(Cl)cc(F)cc2Cl)n1. The summed E-state index contributed by atoms with van der Waals surface area (Å²) in [4.78, 5) is 16.0. The van der Waals surface area contributed by atoms with E-state index in [4.69, 9.17) is 29.0 Å². The second kappa shape index (κ2) is 6.04. The van der Waals surface area contributed by atoms with E-state index in [1.807, 2.05) is 0 Å². The van der Waals surface area contributed by atoms with Crippen LogP contribution in [0.15, 0.2) is 30.3 Å². The molecule has 1 aromatic heterocycles. The second-order valence-electron chi connectivity index (χ2n) is 3.75. The molecule has 104 valence electrons. The van der Waals surface area contributed by atoms with Gasteiger partial charge in [-0.1, -0.05) is 29.3 Å². The topological polar surface area (TPSA) is 80.0 Å². The normalized spacial score (nSPS) is 10.2. The average Bonchev–Trinajstić information content (AvgIpc) is 2.42. The van der Waals surface area contributed by atoms with E-state index in [2.05, 4.69) is 15.7 Å². The summed E-state index contributed by atoms with van der Waals surface area (Å²) in [6, 6.07) is 6.78. The smallest absolute Gasteiger partial charge is 0.274 e. The highest BCUT2D eigenvalue weighted by Gasteiger charge is 2.14. The number of amides is 1. The number of anilines is 2. The molecule has 0 aliphatic heterocycles. The Morgan fingerprint density at radius 2 is 1.90 bits per heavy atom. The maximum Gasteiger partial charge on any atom is 0.274 e. The van der Waals surface area contributed by atoms with Gasteiger partial charge in [0, 0.05) is 0 Å². The first kappa shape index (κ1) is 14.5. The van der Waals surface area contributed by atoms with Crippen LogP contribution in [0.4, 0.5) is 15.9 Å². The molecule has 0 aliphatic carbocycles. The molecule has 0 fully saturated rings. The van der Waals surface area contributed by atoms with Crippen molar-refractivity contribution in [3.05, 3.63) is 51.9 Å². The van der Waals surface area contributed by atoms with Crippen LogP contribution in [0.2, 0.25) is 10.0 Å². The molecule has 0 bridgehead atoms. The molecule has 0 atom stereocenters. The van der Waals surface area contributed by atoms with E-state index in [1.165, 1.54) is 6.07 Å². The van der Waals surface area contributed by atoms with E-state index in [0.29, 0.717) is 5.82 Å². The third-order valence-corrected chi connectivity index (χ3v) is 2.97. The fourth-order valence-corrected chi connectivity index (χ4v) is 2.04. The Bertz CT molecular complexity index is 643. The molecule has 20 heavy (non-hydrogen) atoms. The first-order valence-corrected chi connectivity index (χ1v) is 6.16. The highest BCUT2D eigenvalue weighted by molar-refractivity contribution is 6.40. The number of halogens is 3. The second-order valence-corrected chi connectivity index (χ2v) is 4.57. The van der Waals surface area contributed by atoms with E-state index in [1.54, 1.807) is 12.1 Å². The van der Waals surface area contributed by atoms with Crippen molar-refractivity contribution in [3.63, 3.8) is 0 Å². The van der Waals surface area contributed by atoms with Gasteiger partial charge in [-0.25, -0.2) is 15.2 Å². The largest absolute Gasteiger partial charge is 0.318 e. The molecule has 2 aromatic rings. The van der Waals surface area contributed by atoms with Gasteiger partial charge in [-0.3, -0.25) is 4.79 Å². The van der Waals surface area contributed by atoms with Crippen molar-refractivity contribution in [2.45, 2.75) is 0 Å². The van der Waals surface area contributed by atoms with Gasteiger partial charge < -0.3 is 10.7 Å². The molecule has 0 saturated heterocycles. The molecule has 8 heteroatoms. The Morgan fingerprint density at radius 3 is 2.50 bits per heavy atom. The zero-order valence-electron chi connectivity index (χ0n) is 9.95. The Hall–Kier alpha value is -1.89. The zero-order chi connectivity index (χ0) is 14.7. The Labute approximate surface area is 123 Å². The molecule has 1 heterocycles. The summed E-state index contributed by atoms with van der Waals surface area (Å²) in [6.45, 7) is 0. The predicted molar refractivity (Wildman–Crippen MR) is 76.4 cm³/mol. The Balaban J connectivity index is 2.28. The molecule has 0 saturated carbocycles. The highest BCUT2D eigenvalue weighted by atomic mass is 35.5. The van der Waals surface area contributed by atoms with Crippen molar-refractivity contribution in [1.82, 2.24) is 4.98 Å². The first-order chi connectivity index (χ1) is 9.51. The summed E-state index contributed by atoms with van der Waals surface area (Å²) in [5.74, 6) is 4.40. The molecule has 0 radical (unpaired) electrons. The number of aromatic nitrogens is 1. The van der Waals surface area contributed by atoms with Crippen LogP contribution >= 0.6 is 23.2 Å². The minimum atomic E-state index is -0.592. The van der Waals surface area contributed by atoms with Crippen LogP contribution in [-0.2, 0) is 0 Å². The number of pyridine rings is 1. The summed E-state index contributed by atoms with van der Waals surface area (Å²) in [5.41, 5.74) is 2.55. The number of nitrogen functional groups attached to an aromatic ring is 1. The van der Waals surface area contributed by atoms with E-state index in [9.17, 15) is 9.18 Å². The molecule has 5 nitrogen and oxygen atoms in total. The van der Waals surface area contributed by atoms with Gasteiger partial charge in [0.2, 0.25) is 0 Å². The molecule has 1 amide bonds. The van der Waals surface area contributed by atoms with Crippen LogP contribution in [0.5, 0.6) is 0 Å². The summed E-state index contributed by atoms with van der Waals surface area (Å²) >= 11 is 11.7. The maximum atomic E-state index is 13.1. The molecule has 0 spiro atoms. The highest BCUT2D eigenvalue weighted by Crippen LogP contribution is 2.31. The number of nitrogens with zero attached hydrogens (tertiary/aromatic N) is 1. The third kappa shape index (κ3) is 3.16. The number of nitrogens with two attached hydrogens (primary N) is 1. The standard InChI is InChI=1S/C12H9Cl2FN4O/c13-7-4-6(15)5-8(14)11(7)18-12(20)9-2-1-3-10(17-9)19-16/h1-5H,16H2,(H,17,19)(H,18,20). The van der Waals surface area contributed by atoms with Crippen LogP contribution in [-0.4, -0.2) is 10.9 Å². The van der Waals surface area contributed by atoms with Crippen molar-refractivity contribution < 1.29 is 9.18 Å². The quantitative estimate of drug-likeness (QED) is 0.601. The van der Waals surface area contributed by atoms with Gasteiger partial charge in [0.1, 0.15) is 17.3 Å². The van der Waals surface area contributed by atoms with Crippen LogP contribution in [0.3, 0.4) is 0 Å². The van der Waals surface area contributed by atoms with Crippen LogP contribution in [0, 0.1) is 5.82 Å². The number of nitrogens with one attached hydrogen (secondary N) is 2. The van der Waals surface area contributed by atoms with Crippen molar-refractivity contribution >= 4 is 40.6 Å². The van der Waals surface area contributed by atoms with Gasteiger partial charge in [0.05, 0.1) is 15.7 Å². The zero-order valence-corrected chi connectivity index (χ0v) is 11.5. The number of benzene rings is 1. The monoisotopic (exact) mass is 314 g/mol. The predicted octanol–water partition coefficient (Wildman–Crippen LogP) is 3.07. The third-order valence-electron chi connectivity index (χ3n) is 2.38. The Kier molecular flexibility index (Phi) is 4.39. The van der Waals surface area contributed by atoms with Crippen molar-refractivity contribution in [3.8, 4) is 0 Å². The van der Waals surface area contributed by atoms with Crippen LogP contribution < -0.4 is 16.6 Å². The lowest BCUT2D eigenvalue weighted by atomic mass is 10.2. The van der Waals surface area contributed by atoms with Gasteiger partial charge in [-0.15, -0.1) is 0 Å². The van der Waals surface area contributed by atoms with Crippen molar-refractivity contribution in [2.24, 2.45) is 5.84 Å². The first-order valence-electron chi connectivity index (χ1n) is 5.41. The number of hydrogen-bond acceptors (Lipinski definition) is 4. The lowest BCUT2D eigenvalue weighted by molar-refractivity contribution is 0.102. The number of hydrazine groups is 1. The lowest BCUT2D eigenvalue weighted by Crippen LogP contribution is -2.16. The summed E-state index contributed by atoms with van der Waals surface area (Å²) in [6.07, 6.45) is 0. The Morgan fingerprint density at radius 1 is 1.25 bits per heavy atom. The van der Waals surface area contributed by atoms with E-state index in [-0.39, 0.29) is 21.4 Å². The van der Waals surface area contributed by atoms with Gasteiger partial charge >= 0.3 is 0 Å². The van der Waals surface area contributed by atoms with Crippen molar-refractivity contribution in [1.29, 1.82) is 0 Å². The summed E-state index contributed by atoms with van der Waals surface area (Å²) in [5, 5.41) is 2.47. The summed E-state index contributed by atoms with van der Waals surface area (Å²) in [7, 11) is 0. The van der Waals surface area contributed by atoms with Gasteiger partial charge in [0.25, 0.3) is 5.91 Å². The number of rotatable bonds is 3. The molecular weight excluding hydrogens is 306 g/mol. The average molecular weight is 315 g/mol. The summed E-state index contributed by atoms with van der Waals surface area (Å²) < 4.78 is 13.1. The molecule has 4 N–H and O–H groups in total. The maximum absolute atomic E-state index is 13.1. The van der Waals surface area contributed by atoms with E-state index in [0.717, 1.165) is 12.1 Å². The number of carbonyl (C=O) groups is 1. The molecule has 0 unspecified atom stereocenters. The minimum Gasteiger partial charge on any atom is -0.318 e. The molecule has 1 aromatic carbocycles. The number of hydrogen-bond donors (Lipinski definition) is 3. The van der Waals surface area contributed by atoms with E-state index >= 15 is 0 Å². The number of carbonyl (C=O) groups excluding carboxylic acids is 1. The molecular formula is C12H9Cl2FN4O. The minimum absolute atomic E-state index is 0.00328. The fourth-order valence-electron chi connectivity index (χ4n) is 1.48. The van der Waals surface area contributed by atoms with Crippen LogP contribution in [0.25, 0.3) is 0 Å². The lowest BCUT2D eigenvalue weighted by Gasteiger charge is -2.09. The molecule has 2 rings (SSSR count).